The highest BCUT2D eigenvalue weighted by molar-refractivity contribution is 7.92. The molecule has 0 bridgehead atoms. The first-order valence-corrected chi connectivity index (χ1v) is 9.90. The largest absolute Gasteiger partial charge is 0.481 e. The van der Waals surface area contributed by atoms with E-state index in [1.165, 1.54) is 4.90 Å². The summed E-state index contributed by atoms with van der Waals surface area (Å²) < 4.78 is 23.6. The molecule has 2 rings (SSSR count). The van der Waals surface area contributed by atoms with E-state index < -0.39 is 32.9 Å². The standard InChI is InChI=1S/C17H23NO5S/c1-2-12-24(22,23)13-15(19)18-10-8-17(9-11-18,16(20)21)14-6-4-3-5-7-14/h3-7H,2,8-13H2,1H3,(H,20,21). The first kappa shape index (κ1) is 18.4. The van der Waals surface area contributed by atoms with Crippen LogP contribution in [0, 0.1) is 0 Å². The van der Waals surface area contributed by atoms with Gasteiger partial charge in [0.15, 0.2) is 9.84 Å². The molecule has 1 aliphatic heterocycles. The number of sulfone groups is 1. The summed E-state index contributed by atoms with van der Waals surface area (Å²) >= 11 is 0. The van der Waals surface area contributed by atoms with Crippen LogP contribution in [0.1, 0.15) is 31.7 Å². The number of likely N-dealkylation sites (tertiary alicyclic amines) is 1. The average molecular weight is 353 g/mol. The molecule has 0 saturated carbocycles. The molecule has 0 aromatic heterocycles. The fraction of sp³-hybridized carbons (Fsp3) is 0.529. The Morgan fingerprint density at radius 1 is 1.17 bits per heavy atom. The molecule has 0 radical (unpaired) electrons. The summed E-state index contributed by atoms with van der Waals surface area (Å²) in [4.78, 5) is 25.5. The lowest BCUT2D eigenvalue weighted by atomic mass is 9.73. The normalized spacial score (nSPS) is 17.5. The number of rotatable bonds is 6. The van der Waals surface area contributed by atoms with Crippen LogP contribution < -0.4 is 0 Å². The van der Waals surface area contributed by atoms with E-state index in [0.29, 0.717) is 6.42 Å². The molecule has 6 nitrogen and oxygen atoms in total. The van der Waals surface area contributed by atoms with Gasteiger partial charge in [0.25, 0.3) is 0 Å². The topological polar surface area (TPSA) is 91.8 Å². The van der Waals surface area contributed by atoms with E-state index in [1.807, 2.05) is 6.07 Å². The van der Waals surface area contributed by atoms with Crippen LogP contribution in [0.5, 0.6) is 0 Å². The van der Waals surface area contributed by atoms with Crippen LogP contribution in [0.2, 0.25) is 0 Å². The van der Waals surface area contributed by atoms with Crippen molar-refractivity contribution in [3.8, 4) is 0 Å². The number of piperidine rings is 1. The smallest absolute Gasteiger partial charge is 0.314 e. The molecule has 1 fully saturated rings. The first-order chi connectivity index (χ1) is 11.3. The summed E-state index contributed by atoms with van der Waals surface area (Å²) in [5.41, 5.74) is -0.288. The van der Waals surface area contributed by atoms with Gasteiger partial charge in [-0.2, -0.15) is 0 Å². The zero-order valence-electron chi connectivity index (χ0n) is 13.8. The lowest BCUT2D eigenvalue weighted by Gasteiger charge is -2.39. The lowest BCUT2D eigenvalue weighted by Crippen LogP contribution is -2.50. The minimum atomic E-state index is -3.38. The predicted molar refractivity (Wildman–Crippen MR) is 90.5 cm³/mol. The van der Waals surface area contributed by atoms with Crippen LogP contribution in [0.15, 0.2) is 30.3 Å². The van der Waals surface area contributed by atoms with Gasteiger partial charge in [-0.05, 0) is 24.8 Å². The number of benzene rings is 1. The van der Waals surface area contributed by atoms with E-state index in [4.69, 9.17) is 0 Å². The Hall–Kier alpha value is -1.89. The van der Waals surface area contributed by atoms with Crippen molar-refractivity contribution in [3.63, 3.8) is 0 Å². The quantitative estimate of drug-likeness (QED) is 0.836. The fourth-order valence-electron chi connectivity index (χ4n) is 3.18. The second-order valence-electron chi connectivity index (χ2n) is 6.23. The molecule has 1 amide bonds. The van der Waals surface area contributed by atoms with Crippen molar-refractivity contribution in [2.75, 3.05) is 24.6 Å². The summed E-state index contributed by atoms with van der Waals surface area (Å²) in [6.45, 7) is 2.26. The van der Waals surface area contributed by atoms with Gasteiger partial charge < -0.3 is 10.0 Å². The zero-order valence-corrected chi connectivity index (χ0v) is 14.6. The minimum absolute atomic E-state index is 0.00431. The van der Waals surface area contributed by atoms with E-state index in [0.717, 1.165) is 5.56 Å². The molecular formula is C17H23NO5S. The minimum Gasteiger partial charge on any atom is -0.481 e. The molecule has 0 atom stereocenters. The maximum Gasteiger partial charge on any atom is 0.314 e. The molecule has 0 spiro atoms. The highest BCUT2D eigenvalue weighted by Crippen LogP contribution is 2.35. The number of carboxylic acid groups (broad SMARTS) is 1. The van der Waals surface area contributed by atoms with E-state index in [2.05, 4.69) is 0 Å². The maximum absolute atomic E-state index is 12.2. The van der Waals surface area contributed by atoms with Gasteiger partial charge >= 0.3 is 5.97 Å². The predicted octanol–water partition coefficient (Wildman–Crippen LogP) is 1.46. The number of nitrogens with zero attached hydrogens (tertiary/aromatic N) is 1. The number of carbonyl (C=O) groups excluding carboxylic acids is 1. The summed E-state index contributed by atoms with van der Waals surface area (Å²) in [6, 6.07) is 9.01. The molecule has 132 valence electrons. The number of carboxylic acids is 1. The van der Waals surface area contributed by atoms with Crippen molar-refractivity contribution in [1.82, 2.24) is 4.90 Å². The van der Waals surface area contributed by atoms with Crippen LogP contribution in [-0.2, 0) is 24.8 Å². The number of aliphatic carboxylic acids is 1. The zero-order chi connectivity index (χ0) is 17.8. The molecule has 1 aromatic carbocycles. The highest BCUT2D eigenvalue weighted by atomic mass is 32.2. The Kier molecular flexibility index (Phi) is 5.64. The molecule has 1 heterocycles. The summed E-state index contributed by atoms with van der Waals surface area (Å²) in [6.07, 6.45) is 1.05. The third-order valence-corrected chi connectivity index (χ3v) is 6.28. The van der Waals surface area contributed by atoms with E-state index in [1.54, 1.807) is 31.2 Å². The van der Waals surface area contributed by atoms with Crippen LogP contribution in [0.4, 0.5) is 0 Å². The second-order valence-corrected chi connectivity index (χ2v) is 8.41. The Morgan fingerprint density at radius 3 is 2.25 bits per heavy atom. The molecule has 1 N–H and O–H groups in total. The lowest BCUT2D eigenvalue weighted by molar-refractivity contribution is -0.148. The summed E-state index contributed by atoms with van der Waals surface area (Å²) in [5, 5.41) is 9.72. The third-order valence-electron chi connectivity index (χ3n) is 4.56. The summed E-state index contributed by atoms with van der Waals surface area (Å²) in [7, 11) is -3.38. The molecule has 0 unspecified atom stereocenters. The SMILES string of the molecule is CCCS(=O)(=O)CC(=O)N1CCC(C(=O)O)(c2ccccc2)CC1. The number of carbonyl (C=O) groups is 2. The molecule has 24 heavy (non-hydrogen) atoms. The van der Waals surface area contributed by atoms with Crippen LogP contribution in [0.3, 0.4) is 0 Å². The number of hydrogen-bond acceptors (Lipinski definition) is 4. The van der Waals surface area contributed by atoms with Crippen LogP contribution in [-0.4, -0.2) is 54.9 Å². The van der Waals surface area contributed by atoms with Crippen LogP contribution in [0.25, 0.3) is 0 Å². The number of hydrogen-bond donors (Lipinski definition) is 1. The van der Waals surface area contributed by atoms with Crippen molar-refractivity contribution in [2.24, 2.45) is 0 Å². The van der Waals surface area contributed by atoms with Crippen molar-refractivity contribution in [2.45, 2.75) is 31.6 Å². The van der Waals surface area contributed by atoms with Crippen molar-refractivity contribution < 1.29 is 23.1 Å². The van der Waals surface area contributed by atoms with Crippen molar-refractivity contribution in [3.05, 3.63) is 35.9 Å². The Labute approximate surface area is 142 Å². The van der Waals surface area contributed by atoms with Gasteiger partial charge in [0.1, 0.15) is 5.75 Å². The Balaban J connectivity index is 2.09. The molecule has 0 aliphatic carbocycles. The Morgan fingerprint density at radius 2 is 1.75 bits per heavy atom. The molecule has 1 aromatic rings. The molecule has 1 aliphatic rings. The number of amides is 1. The Bertz CT molecular complexity index is 691. The maximum atomic E-state index is 12.2. The average Bonchev–Trinajstić information content (AvgIpc) is 2.55. The van der Waals surface area contributed by atoms with Gasteiger partial charge in [0, 0.05) is 13.1 Å². The van der Waals surface area contributed by atoms with Crippen LogP contribution >= 0.6 is 0 Å². The van der Waals surface area contributed by atoms with E-state index in [-0.39, 0.29) is 31.7 Å². The van der Waals surface area contributed by atoms with Gasteiger partial charge in [-0.3, -0.25) is 9.59 Å². The monoisotopic (exact) mass is 353 g/mol. The molecule has 1 saturated heterocycles. The van der Waals surface area contributed by atoms with Crippen molar-refractivity contribution >= 4 is 21.7 Å². The van der Waals surface area contributed by atoms with E-state index in [9.17, 15) is 23.1 Å². The second kappa shape index (κ2) is 7.34. The van der Waals surface area contributed by atoms with Gasteiger partial charge in [-0.25, -0.2) is 8.42 Å². The third kappa shape index (κ3) is 3.95. The van der Waals surface area contributed by atoms with E-state index >= 15 is 0 Å². The van der Waals surface area contributed by atoms with Gasteiger partial charge in [-0.1, -0.05) is 37.3 Å². The van der Waals surface area contributed by atoms with Gasteiger partial charge in [-0.15, -0.1) is 0 Å². The van der Waals surface area contributed by atoms with Gasteiger partial charge in [0.05, 0.1) is 11.2 Å². The van der Waals surface area contributed by atoms with Gasteiger partial charge in [0.2, 0.25) is 5.91 Å². The fourth-order valence-corrected chi connectivity index (χ4v) is 4.51. The molecular weight excluding hydrogens is 330 g/mol. The highest BCUT2D eigenvalue weighted by Gasteiger charge is 2.44. The summed E-state index contributed by atoms with van der Waals surface area (Å²) in [5.74, 6) is -1.84. The first-order valence-electron chi connectivity index (χ1n) is 8.08. The molecule has 7 heteroatoms. The van der Waals surface area contributed by atoms with Crippen molar-refractivity contribution in [1.29, 1.82) is 0 Å².